The van der Waals surface area contributed by atoms with Crippen molar-refractivity contribution in [1.82, 2.24) is 5.32 Å². The first-order valence-electron chi connectivity index (χ1n) is 5.83. The Labute approximate surface area is 107 Å². The van der Waals surface area contributed by atoms with E-state index in [0.717, 1.165) is 12.2 Å². The van der Waals surface area contributed by atoms with Gasteiger partial charge in [-0.3, -0.25) is 4.79 Å². The highest BCUT2D eigenvalue weighted by Gasteiger charge is 2.07. The molecule has 1 aromatic rings. The van der Waals surface area contributed by atoms with E-state index in [9.17, 15) is 4.79 Å². The number of carbonyl (C=O) groups excluding carboxylic acids is 1. The molecule has 4 heteroatoms. The molecule has 1 unspecified atom stereocenters. The summed E-state index contributed by atoms with van der Waals surface area (Å²) >= 11 is 1.69. The van der Waals surface area contributed by atoms with Gasteiger partial charge in [0, 0.05) is 23.0 Å². The van der Waals surface area contributed by atoms with Crippen LogP contribution in [0.3, 0.4) is 0 Å². The second kappa shape index (κ2) is 7.35. The third-order valence-electron chi connectivity index (χ3n) is 2.42. The minimum absolute atomic E-state index is 0.0513. The monoisotopic (exact) mass is 252 g/mol. The molecular formula is C13H20N2OS. The Hall–Kier alpha value is -1.00. The van der Waals surface area contributed by atoms with Crippen molar-refractivity contribution in [1.29, 1.82) is 0 Å². The minimum atomic E-state index is 0.0513. The lowest BCUT2D eigenvalue weighted by molar-refractivity contribution is -0.116. The highest BCUT2D eigenvalue weighted by atomic mass is 32.2. The number of hydrogen-bond donors (Lipinski definition) is 2. The molecule has 17 heavy (non-hydrogen) atoms. The molecule has 1 aromatic carbocycles. The van der Waals surface area contributed by atoms with Gasteiger partial charge in [0.25, 0.3) is 0 Å². The summed E-state index contributed by atoms with van der Waals surface area (Å²) in [4.78, 5) is 12.9. The van der Waals surface area contributed by atoms with Crippen LogP contribution in [-0.2, 0) is 4.79 Å². The third kappa shape index (κ3) is 5.24. The number of nitrogens with one attached hydrogen (secondary N) is 2. The van der Waals surface area contributed by atoms with Crippen LogP contribution >= 0.6 is 11.8 Å². The van der Waals surface area contributed by atoms with Gasteiger partial charge in [0.05, 0.1) is 0 Å². The first kappa shape index (κ1) is 14.1. The van der Waals surface area contributed by atoms with E-state index in [2.05, 4.69) is 10.6 Å². The van der Waals surface area contributed by atoms with Gasteiger partial charge in [-0.05, 0) is 44.0 Å². The van der Waals surface area contributed by atoms with Crippen molar-refractivity contribution in [2.75, 3.05) is 18.1 Å². The Balaban J connectivity index is 2.44. The first-order chi connectivity index (χ1) is 8.15. The molecule has 0 saturated carbocycles. The van der Waals surface area contributed by atoms with Crippen molar-refractivity contribution in [3.05, 3.63) is 24.3 Å². The molecule has 0 aromatic heterocycles. The van der Waals surface area contributed by atoms with Crippen LogP contribution in [0.25, 0.3) is 0 Å². The normalized spacial score (nSPS) is 12.2. The first-order valence-corrected chi connectivity index (χ1v) is 7.05. The topological polar surface area (TPSA) is 41.1 Å². The van der Waals surface area contributed by atoms with Crippen molar-refractivity contribution in [2.45, 2.75) is 31.2 Å². The number of rotatable bonds is 6. The number of carbonyl (C=O) groups is 1. The SMILES string of the molecule is CCNC(C)CC(=O)Nc1ccc(SC)cc1. The van der Waals surface area contributed by atoms with E-state index in [1.54, 1.807) is 11.8 Å². The van der Waals surface area contributed by atoms with E-state index in [-0.39, 0.29) is 11.9 Å². The lowest BCUT2D eigenvalue weighted by Gasteiger charge is -2.12. The fourth-order valence-electron chi connectivity index (χ4n) is 1.59. The van der Waals surface area contributed by atoms with Crippen LogP contribution in [-0.4, -0.2) is 24.7 Å². The Bertz CT molecular complexity index is 351. The van der Waals surface area contributed by atoms with Crippen LogP contribution in [0.15, 0.2) is 29.2 Å². The summed E-state index contributed by atoms with van der Waals surface area (Å²) in [6.45, 7) is 4.94. The summed E-state index contributed by atoms with van der Waals surface area (Å²) in [6, 6.07) is 8.09. The molecule has 1 atom stereocenters. The molecule has 0 aliphatic carbocycles. The molecule has 0 radical (unpaired) electrons. The van der Waals surface area contributed by atoms with Gasteiger partial charge in [0.15, 0.2) is 0 Å². The van der Waals surface area contributed by atoms with E-state index in [4.69, 9.17) is 0 Å². The predicted octanol–water partition coefficient (Wildman–Crippen LogP) is 2.74. The van der Waals surface area contributed by atoms with Crippen molar-refractivity contribution in [3.63, 3.8) is 0 Å². The lowest BCUT2D eigenvalue weighted by atomic mass is 10.2. The van der Waals surface area contributed by atoms with Crippen LogP contribution in [0.4, 0.5) is 5.69 Å². The summed E-state index contributed by atoms with van der Waals surface area (Å²) in [5.41, 5.74) is 0.858. The number of hydrogen-bond acceptors (Lipinski definition) is 3. The smallest absolute Gasteiger partial charge is 0.225 e. The maximum Gasteiger partial charge on any atom is 0.225 e. The zero-order valence-corrected chi connectivity index (χ0v) is 11.4. The average molecular weight is 252 g/mol. The summed E-state index contributed by atoms with van der Waals surface area (Å²) in [5.74, 6) is 0.0513. The minimum Gasteiger partial charge on any atom is -0.326 e. The highest BCUT2D eigenvalue weighted by Crippen LogP contribution is 2.17. The highest BCUT2D eigenvalue weighted by molar-refractivity contribution is 7.98. The quantitative estimate of drug-likeness (QED) is 0.765. The van der Waals surface area contributed by atoms with E-state index in [1.807, 2.05) is 44.4 Å². The van der Waals surface area contributed by atoms with Crippen LogP contribution in [0, 0.1) is 0 Å². The second-order valence-corrected chi connectivity index (χ2v) is 4.82. The Kier molecular flexibility index (Phi) is 6.08. The number of anilines is 1. The van der Waals surface area contributed by atoms with E-state index in [1.165, 1.54) is 4.90 Å². The predicted molar refractivity (Wildman–Crippen MR) is 74.6 cm³/mol. The summed E-state index contributed by atoms with van der Waals surface area (Å²) in [7, 11) is 0. The standard InChI is InChI=1S/C13H20N2OS/c1-4-14-10(2)9-13(16)15-11-5-7-12(17-3)8-6-11/h5-8,10,14H,4,9H2,1-3H3,(H,15,16). The average Bonchev–Trinajstić information content (AvgIpc) is 2.30. The summed E-state index contributed by atoms with van der Waals surface area (Å²) < 4.78 is 0. The molecule has 94 valence electrons. The number of benzene rings is 1. The van der Waals surface area contributed by atoms with E-state index >= 15 is 0 Å². The van der Waals surface area contributed by atoms with Gasteiger partial charge in [-0.2, -0.15) is 0 Å². The van der Waals surface area contributed by atoms with Gasteiger partial charge in [0.1, 0.15) is 0 Å². The van der Waals surface area contributed by atoms with Gasteiger partial charge in [-0.1, -0.05) is 6.92 Å². The summed E-state index contributed by atoms with van der Waals surface area (Å²) in [5, 5.41) is 6.11. The molecule has 0 bridgehead atoms. The molecule has 1 amide bonds. The number of amides is 1. The van der Waals surface area contributed by atoms with Gasteiger partial charge >= 0.3 is 0 Å². The van der Waals surface area contributed by atoms with E-state index < -0.39 is 0 Å². The maximum absolute atomic E-state index is 11.7. The van der Waals surface area contributed by atoms with Crippen molar-refractivity contribution in [3.8, 4) is 0 Å². The fraction of sp³-hybridized carbons (Fsp3) is 0.462. The Morgan fingerprint density at radius 1 is 1.35 bits per heavy atom. The van der Waals surface area contributed by atoms with Gasteiger partial charge in [-0.25, -0.2) is 0 Å². The lowest BCUT2D eigenvalue weighted by Crippen LogP contribution is -2.30. The second-order valence-electron chi connectivity index (χ2n) is 3.94. The Morgan fingerprint density at radius 3 is 2.53 bits per heavy atom. The van der Waals surface area contributed by atoms with Crippen molar-refractivity contribution < 1.29 is 4.79 Å². The van der Waals surface area contributed by atoms with E-state index in [0.29, 0.717) is 6.42 Å². The van der Waals surface area contributed by atoms with Crippen LogP contribution in [0.5, 0.6) is 0 Å². The van der Waals surface area contributed by atoms with Crippen molar-refractivity contribution in [2.24, 2.45) is 0 Å². The zero-order chi connectivity index (χ0) is 12.7. The largest absolute Gasteiger partial charge is 0.326 e. The van der Waals surface area contributed by atoms with Crippen LogP contribution in [0.2, 0.25) is 0 Å². The fourth-order valence-corrected chi connectivity index (χ4v) is 1.99. The molecule has 0 aliphatic heterocycles. The van der Waals surface area contributed by atoms with Crippen LogP contribution < -0.4 is 10.6 Å². The number of thioether (sulfide) groups is 1. The zero-order valence-electron chi connectivity index (χ0n) is 10.6. The molecule has 1 rings (SSSR count). The maximum atomic E-state index is 11.7. The van der Waals surface area contributed by atoms with Gasteiger partial charge in [0.2, 0.25) is 5.91 Å². The molecule has 2 N–H and O–H groups in total. The third-order valence-corrected chi connectivity index (χ3v) is 3.16. The molecule has 0 saturated heterocycles. The molecule has 3 nitrogen and oxygen atoms in total. The molecule has 0 aliphatic rings. The van der Waals surface area contributed by atoms with Crippen molar-refractivity contribution >= 4 is 23.4 Å². The van der Waals surface area contributed by atoms with Crippen LogP contribution in [0.1, 0.15) is 20.3 Å². The molecule has 0 fully saturated rings. The van der Waals surface area contributed by atoms with Gasteiger partial charge in [-0.15, -0.1) is 11.8 Å². The molecule has 0 spiro atoms. The Morgan fingerprint density at radius 2 is 2.00 bits per heavy atom. The van der Waals surface area contributed by atoms with Gasteiger partial charge < -0.3 is 10.6 Å². The molecular weight excluding hydrogens is 232 g/mol. The molecule has 0 heterocycles. The summed E-state index contributed by atoms with van der Waals surface area (Å²) in [6.07, 6.45) is 2.53.